The van der Waals surface area contributed by atoms with Crippen molar-refractivity contribution < 1.29 is 29.9 Å². The van der Waals surface area contributed by atoms with E-state index in [1.807, 2.05) is 12.1 Å². The molecule has 23 heavy (non-hydrogen) atoms. The average molecular weight is 326 g/mol. The predicted octanol–water partition coefficient (Wildman–Crippen LogP) is 0.598. The van der Waals surface area contributed by atoms with Gasteiger partial charge in [-0.2, -0.15) is 0 Å². The van der Waals surface area contributed by atoms with Crippen LogP contribution in [0, 0.1) is 0 Å². The monoisotopic (exact) mass is 326 g/mol. The molecule has 1 aromatic carbocycles. The Morgan fingerprint density at radius 3 is 2.30 bits per heavy atom. The Labute approximate surface area is 136 Å². The fourth-order valence-electron chi connectivity index (χ4n) is 2.61. The van der Waals surface area contributed by atoms with Gasteiger partial charge < -0.3 is 29.9 Å². The first-order valence-electron chi connectivity index (χ1n) is 8.13. The van der Waals surface area contributed by atoms with Gasteiger partial charge in [-0.25, -0.2) is 0 Å². The first-order chi connectivity index (χ1) is 11.1. The summed E-state index contributed by atoms with van der Waals surface area (Å²) in [6.45, 7) is 1.69. The lowest BCUT2D eigenvalue weighted by Crippen LogP contribution is -2.60. The van der Waals surface area contributed by atoms with Crippen LogP contribution in [0.3, 0.4) is 0 Å². The van der Waals surface area contributed by atoms with Crippen molar-refractivity contribution in [2.24, 2.45) is 0 Å². The molecule has 130 valence electrons. The summed E-state index contributed by atoms with van der Waals surface area (Å²) in [5, 5.41) is 38.6. The third-order valence-electron chi connectivity index (χ3n) is 4.09. The fraction of sp³-hybridized carbons (Fsp3) is 0.647. The highest BCUT2D eigenvalue weighted by Gasteiger charge is 2.44. The van der Waals surface area contributed by atoms with E-state index in [0.29, 0.717) is 5.75 Å². The van der Waals surface area contributed by atoms with Crippen molar-refractivity contribution in [3.8, 4) is 5.75 Å². The van der Waals surface area contributed by atoms with Crippen LogP contribution in [0.25, 0.3) is 0 Å². The van der Waals surface area contributed by atoms with Gasteiger partial charge in [-0.3, -0.25) is 0 Å². The number of hydrogen-bond donors (Lipinski definition) is 4. The van der Waals surface area contributed by atoms with E-state index in [1.165, 1.54) is 18.4 Å². The standard InChI is InChI=1S/C17H26O6/c1-2-3-4-5-11-6-8-12(9-7-11)22-17-16(21)15(20)14(19)13(10-18)23-17/h6-9,13-21H,2-5,10H2,1H3/t13-,14-,15+,16+,17+/m1/s1. The maximum Gasteiger partial charge on any atom is 0.229 e. The summed E-state index contributed by atoms with van der Waals surface area (Å²) in [6, 6.07) is 7.47. The Hall–Kier alpha value is -1.18. The number of benzene rings is 1. The lowest BCUT2D eigenvalue weighted by molar-refractivity contribution is -0.277. The molecular formula is C17H26O6. The minimum absolute atomic E-state index is 0.471. The second-order valence-corrected chi connectivity index (χ2v) is 5.92. The van der Waals surface area contributed by atoms with E-state index in [4.69, 9.17) is 14.6 Å². The zero-order valence-corrected chi connectivity index (χ0v) is 13.3. The summed E-state index contributed by atoms with van der Waals surface area (Å²) in [4.78, 5) is 0. The minimum atomic E-state index is -1.43. The van der Waals surface area contributed by atoms with Crippen molar-refractivity contribution in [3.05, 3.63) is 29.8 Å². The van der Waals surface area contributed by atoms with Crippen molar-refractivity contribution >= 4 is 0 Å². The van der Waals surface area contributed by atoms with E-state index in [1.54, 1.807) is 12.1 Å². The van der Waals surface area contributed by atoms with E-state index in [2.05, 4.69) is 6.92 Å². The summed E-state index contributed by atoms with van der Waals surface area (Å²) in [5.41, 5.74) is 1.21. The van der Waals surface area contributed by atoms with Crippen LogP contribution in [0.4, 0.5) is 0 Å². The van der Waals surface area contributed by atoms with E-state index >= 15 is 0 Å². The fourth-order valence-corrected chi connectivity index (χ4v) is 2.61. The van der Waals surface area contributed by atoms with Crippen molar-refractivity contribution in [2.45, 2.75) is 63.3 Å². The van der Waals surface area contributed by atoms with Crippen molar-refractivity contribution in [3.63, 3.8) is 0 Å². The van der Waals surface area contributed by atoms with Crippen LogP contribution in [0.2, 0.25) is 0 Å². The van der Waals surface area contributed by atoms with E-state index in [9.17, 15) is 15.3 Å². The highest BCUT2D eigenvalue weighted by Crippen LogP contribution is 2.24. The smallest absolute Gasteiger partial charge is 0.229 e. The molecule has 0 aliphatic carbocycles. The van der Waals surface area contributed by atoms with Gasteiger partial charge in [0.05, 0.1) is 6.61 Å². The van der Waals surface area contributed by atoms with E-state index < -0.39 is 37.3 Å². The summed E-state index contributed by atoms with van der Waals surface area (Å²) < 4.78 is 10.9. The molecule has 0 amide bonds. The average Bonchev–Trinajstić information content (AvgIpc) is 2.57. The van der Waals surface area contributed by atoms with Gasteiger partial charge in [0.25, 0.3) is 0 Å². The molecule has 0 unspecified atom stereocenters. The first kappa shape index (κ1) is 18.2. The lowest BCUT2D eigenvalue weighted by Gasteiger charge is -2.39. The number of ether oxygens (including phenoxy) is 2. The van der Waals surface area contributed by atoms with Crippen molar-refractivity contribution in [1.82, 2.24) is 0 Å². The first-order valence-corrected chi connectivity index (χ1v) is 8.13. The number of aliphatic hydroxyl groups is 4. The second kappa shape index (κ2) is 8.61. The zero-order valence-electron chi connectivity index (χ0n) is 13.3. The van der Waals surface area contributed by atoms with Gasteiger partial charge in [-0.05, 0) is 30.5 Å². The van der Waals surface area contributed by atoms with Gasteiger partial charge in [-0.15, -0.1) is 0 Å². The molecule has 0 aromatic heterocycles. The highest BCUT2D eigenvalue weighted by molar-refractivity contribution is 5.27. The van der Waals surface area contributed by atoms with E-state index in [0.717, 1.165) is 12.8 Å². The molecule has 4 N–H and O–H groups in total. The van der Waals surface area contributed by atoms with Crippen molar-refractivity contribution in [1.29, 1.82) is 0 Å². The van der Waals surface area contributed by atoms with E-state index in [-0.39, 0.29) is 0 Å². The second-order valence-electron chi connectivity index (χ2n) is 5.92. The van der Waals surface area contributed by atoms with Gasteiger partial charge in [0.15, 0.2) is 0 Å². The summed E-state index contributed by atoms with van der Waals surface area (Å²) in [5.74, 6) is 0.494. The van der Waals surface area contributed by atoms with Crippen LogP contribution in [0.1, 0.15) is 31.7 Å². The quantitative estimate of drug-likeness (QED) is 0.548. The molecule has 1 aromatic rings. The van der Waals surface area contributed by atoms with Crippen LogP contribution >= 0.6 is 0 Å². The molecule has 0 spiro atoms. The number of aryl methyl sites for hydroxylation is 1. The van der Waals surface area contributed by atoms with Gasteiger partial charge in [0.2, 0.25) is 6.29 Å². The zero-order chi connectivity index (χ0) is 16.8. The molecule has 0 bridgehead atoms. The predicted molar refractivity (Wildman–Crippen MR) is 84.1 cm³/mol. The summed E-state index contributed by atoms with van der Waals surface area (Å²) in [7, 11) is 0. The third-order valence-corrected chi connectivity index (χ3v) is 4.09. The molecular weight excluding hydrogens is 300 g/mol. The molecule has 1 fully saturated rings. The third kappa shape index (κ3) is 4.65. The minimum Gasteiger partial charge on any atom is -0.462 e. The van der Waals surface area contributed by atoms with Gasteiger partial charge >= 0.3 is 0 Å². The lowest BCUT2D eigenvalue weighted by atomic mass is 9.99. The normalized spacial score (nSPS) is 31.1. The molecule has 0 radical (unpaired) electrons. The Bertz CT molecular complexity index is 461. The largest absolute Gasteiger partial charge is 0.462 e. The molecule has 6 heteroatoms. The maximum absolute atomic E-state index is 9.94. The molecule has 1 heterocycles. The topological polar surface area (TPSA) is 99.4 Å². The number of aliphatic hydroxyl groups excluding tert-OH is 4. The van der Waals surface area contributed by atoms with Gasteiger partial charge in [-0.1, -0.05) is 31.9 Å². The highest BCUT2D eigenvalue weighted by atomic mass is 16.7. The Balaban J connectivity index is 1.95. The van der Waals surface area contributed by atoms with Gasteiger partial charge in [0.1, 0.15) is 30.2 Å². The Kier molecular flexibility index (Phi) is 6.80. The summed E-state index contributed by atoms with van der Waals surface area (Å²) in [6.07, 6.45) is -1.78. The van der Waals surface area contributed by atoms with Crippen LogP contribution in [0.5, 0.6) is 5.75 Å². The number of unbranched alkanes of at least 4 members (excludes halogenated alkanes) is 2. The molecule has 1 saturated heterocycles. The van der Waals surface area contributed by atoms with Gasteiger partial charge in [0, 0.05) is 0 Å². The number of hydrogen-bond acceptors (Lipinski definition) is 6. The molecule has 1 aliphatic rings. The van der Waals surface area contributed by atoms with Crippen LogP contribution in [0.15, 0.2) is 24.3 Å². The molecule has 0 saturated carbocycles. The van der Waals surface area contributed by atoms with Crippen LogP contribution in [-0.2, 0) is 11.2 Å². The van der Waals surface area contributed by atoms with Crippen LogP contribution < -0.4 is 4.74 Å². The molecule has 5 atom stereocenters. The Morgan fingerprint density at radius 2 is 1.70 bits per heavy atom. The molecule has 6 nitrogen and oxygen atoms in total. The van der Waals surface area contributed by atoms with Crippen molar-refractivity contribution in [2.75, 3.05) is 6.61 Å². The van der Waals surface area contributed by atoms with Crippen LogP contribution in [-0.4, -0.2) is 57.7 Å². The number of rotatable bonds is 7. The SMILES string of the molecule is CCCCCc1ccc(O[C@H]2O[C@H](CO)[C@@H](O)[C@H](O)[C@@H]2O)cc1. The Morgan fingerprint density at radius 1 is 1.00 bits per heavy atom. The molecule has 2 rings (SSSR count). The summed E-state index contributed by atoms with van der Waals surface area (Å²) >= 11 is 0. The maximum atomic E-state index is 9.94. The molecule has 1 aliphatic heterocycles.